The highest BCUT2D eigenvalue weighted by Crippen LogP contribution is 2.19. The molecule has 1 saturated heterocycles. The van der Waals surface area contributed by atoms with Gasteiger partial charge in [-0.3, -0.25) is 4.79 Å². The van der Waals surface area contributed by atoms with Gasteiger partial charge in [-0.15, -0.1) is 0 Å². The highest BCUT2D eigenvalue weighted by Gasteiger charge is 2.25. The van der Waals surface area contributed by atoms with Crippen LogP contribution in [0.1, 0.15) is 18.4 Å². The van der Waals surface area contributed by atoms with Gasteiger partial charge in [-0.05, 0) is 43.4 Å². The van der Waals surface area contributed by atoms with Crippen LogP contribution < -0.4 is 4.74 Å². The minimum Gasteiger partial charge on any atom is -0.484 e. The van der Waals surface area contributed by atoms with Crippen molar-refractivity contribution in [2.45, 2.75) is 19.8 Å². The van der Waals surface area contributed by atoms with Crippen molar-refractivity contribution < 1.29 is 14.6 Å². The van der Waals surface area contributed by atoms with Crippen LogP contribution in [0.3, 0.4) is 0 Å². The number of aryl methyl sites for hydroxylation is 1. The number of hydrogen-bond acceptors (Lipinski definition) is 3. The lowest BCUT2D eigenvalue weighted by Crippen LogP contribution is -2.33. The normalized spacial score (nSPS) is 18.6. The van der Waals surface area contributed by atoms with Gasteiger partial charge in [-0.2, -0.15) is 0 Å². The Bertz CT molecular complexity index is 433. The monoisotopic (exact) mass is 263 g/mol. The van der Waals surface area contributed by atoms with E-state index in [9.17, 15) is 4.79 Å². The minimum absolute atomic E-state index is 0.0296. The predicted octanol–water partition coefficient (Wildman–Crippen LogP) is 1.60. The molecule has 1 aliphatic rings. The molecule has 0 aromatic heterocycles. The molecule has 1 amide bonds. The zero-order valence-corrected chi connectivity index (χ0v) is 11.3. The van der Waals surface area contributed by atoms with Crippen LogP contribution in [0.2, 0.25) is 0 Å². The standard InChI is InChI=1S/C15H21NO3/c1-12-3-2-4-14(9-12)19-11-15(18)16-7-5-13(10-16)6-8-17/h2-4,9,13,17H,5-8,10-11H2,1H3. The Morgan fingerprint density at radius 3 is 3.11 bits per heavy atom. The molecule has 4 heteroatoms. The molecule has 0 saturated carbocycles. The number of carbonyl (C=O) groups excluding carboxylic acids is 1. The van der Waals surface area contributed by atoms with E-state index < -0.39 is 0 Å². The Kier molecular flexibility index (Phi) is 4.80. The number of ether oxygens (including phenoxy) is 1. The molecule has 0 spiro atoms. The molecular formula is C15H21NO3. The van der Waals surface area contributed by atoms with Crippen LogP contribution in [0.5, 0.6) is 5.75 Å². The molecule has 1 aromatic rings. The van der Waals surface area contributed by atoms with E-state index in [1.54, 1.807) is 0 Å². The van der Waals surface area contributed by atoms with Crippen molar-refractivity contribution in [2.24, 2.45) is 5.92 Å². The molecule has 4 nitrogen and oxygen atoms in total. The van der Waals surface area contributed by atoms with E-state index in [1.807, 2.05) is 36.1 Å². The fourth-order valence-corrected chi connectivity index (χ4v) is 2.42. The van der Waals surface area contributed by atoms with Crippen LogP contribution in [-0.2, 0) is 4.79 Å². The molecule has 1 heterocycles. The van der Waals surface area contributed by atoms with Gasteiger partial charge >= 0.3 is 0 Å². The smallest absolute Gasteiger partial charge is 0.260 e. The lowest BCUT2D eigenvalue weighted by atomic mass is 10.1. The molecule has 1 N–H and O–H groups in total. The molecule has 0 aliphatic carbocycles. The fraction of sp³-hybridized carbons (Fsp3) is 0.533. The first kappa shape index (κ1) is 13.9. The van der Waals surface area contributed by atoms with Crippen LogP contribution in [0.25, 0.3) is 0 Å². The zero-order chi connectivity index (χ0) is 13.7. The summed E-state index contributed by atoms with van der Waals surface area (Å²) in [6, 6.07) is 7.70. The summed E-state index contributed by atoms with van der Waals surface area (Å²) >= 11 is 0. The van der Waals surface area contributed by atoms with Gasteiger partial charge < -0.3 is 14.7 Å². The van der Waals surface area contributed by atoms with E-state index in [2.05, 4.69) is 0 Å². The van der Waals surface area contributed by atoms with Gasteiger partial charge in [0.2, 0.25) is 0 Å². The summed E-state index contributed by atoms with van der Waals surface area (Å²) in [4.78, 5) is 13.8. The summed E-state index contributed by atoms with van der Waals surface area (Å²) in [6.45, 7) is 3.81. The van der Waals surface area contributed by atoms with Crippen molar-refractivity contribution in [2.75, 3.05) is 26.3 Å². The maximum absolute atomic E-state index is 12.0. The second-order valence-corrected chi connectivity index (χ2v) is 5.11. The van der Waals surface area contributed by atoms with Crippen LogP contribution in [-0.4, -0.2) is 42.2 Å². The van der Waals surface area contributed by atoms with Gasteiger partial charge in [0.05, 0.1) is 0 Å². The maximum Gasteiger partial charge on any atom is 0.260 e. The number of likely N-dealkylation sites (tertiary alicyclic amines) is 1. The first-order valence-corrected chi connectivity index (χ1v) is 6.77. The van der Waals surface area contributed by atoms with E-state index in [0.717, 1.165) is 37.2 Å². The fourth-order valence-electron chi connectivity index (χ4n) is 2.42. The van der Waals surface area contributed by atoms with Gasteiger partial charge in [-0.1, -0.05) is 12.1 Å². The van der Waals surface area contributed by atoms with Gasteiger partial charge in [0.1, 0.15) is 5.75 Å². The maximum atomic E-state index is 12.0. The first-order valence-electron chi connectivity index (χ1n) is 6.77. The molecule has 1 aliphatic heterocycles. The number of carbonyl (C=O) groups is 1. The molecule has 19 heavy (non-hydrogen) atoms. The molecule has 1 aromatic carbocycles. The Labute approximate surface area is 114 Å². The summed E-state index contributed by atoms with van der Waals surface area (Å²) < 4.78 is 5.52. The summed E-state index contributed by atoms with van der Waals surface area (Å²) in [6.07, 6.45) is 1.76. The number of benzene rings is 1. The van der Waals surface area contributed by atoms with Crippen molar-refractivity contribution in [1.82, 2.24) is 4.90 Å². The van der Waals surface area contributed by atoms with Crippen LogP contribution in [0.15, 0.2) is 24.3 Å². The van der Waals surface area contributed by atoms with Gasteiger partial charge in [0.25, 0.3) is 5.91 Å². The Hall–Kier alpha value is -1.55. The van der Waals surface area contributed by atoms with Crippen molar-refractivity contribution >= 4 is 5.91 Å². The topological polar surface area (TPSA) is 49.8 Å². The number of aliphatic hydroxyl groups is 1. The molecule has 1 atom stereocenters. The number of hydrogen-bond donors (Lipinski definition) is 1. The molecule has 1 unspecified atom stereocenters. The molecular weight excluding hydrogens is 242 g/mol. The van der Waals surface area contributed by atoms with Crippen LogP contribution >= 0.6 is 0 Å². The SMILES string of the molecule is Cc1cccc(OCC(=O)N2CCC(CCO)C2)c1. The molecule has 1 fully saturated rings. The second-order valence-electron chi connectivity index (χ2n) is 5.11. The second kappa shape index (κ2) is 6.57. The summed E-state index contributed by atoms with van der Waals surface area (Å²) in [5, 5.41) is 8.90. The van der Waals surface area contributed by atoms with Crippen molar-refractivity contribution in [1.29, 1.82) is 0 Å². The number of amides is 1. The van der Waals surface area contributed by atoms with Crippen LogP contribution in [0, 0.1) is 12.8 Å². The third-order valence-corrected chi connectivity index (χ3v) is 3.53. The van der Waals surface area contributed by atoms with E-state index in [-0.39, 0.29) is 19.1 Å². The lowest BCUT2D eigenvalue weighted by molar-refractivity contribution is -0.132. The molecule has 0 radical (unpaired) electrons. The highest BCUT2D eigenvalue weighted by atomic mass is 16.5. The largest absolute Gasteiger partial charge is 0.484 e. The Morgan fingerprint density at radius 2 is 2.37 bits per heavy atom. The van der Waals surface area contributed by atoms with E-state index in [4.69, 9.17) is 9.84 Å². The summed E-state index contributed by atoms with van der Waals surface area (Å²) in [5.74, 6) is 1.20. The van der Waals surface area contributed by atoms with Crippen molar-refractivity contribution in [3.63, 3.8) is 0 Å². The van der Waals surface area contributed by atoms with E-state index in [1.165, 1.54) is 0 Å². The molecule has 0 bridgehead atoms. The Morgan fingerprint density at radius 1 is 1.53 bits per heavy atom. The predicted molar refractivity (Wildman–Crippen MR) is 73.1 cm³/mol. The van der Waals surface area contributed by atoms with Gasteiger partial charge in [0.15, 0.2) is 6.61 Å². The van der Waals surface area contributed by atoms with Gasteiger partial charge in [-0.25, -0.2) is 0 Å². The number of rotatable bonds is 5. The third kappa shape index (κ3) is 3.96. The van der Waals surface area contributed by atoms with Crippen molar-refractivity contribution in [3.8, 4) is 5.75 Å². The minimum atomic E-state index is 0.0296. The number of aliphatic hydroxyl groups excluding tert-OH is 1. The average Bonchev–Trinajstić information content (AvgIpc) is 2.85. The van der Waals surface area contributed by atoms with Crippen molar-refractivity contribution in [3.05, 3.63) is 29.8 Å². The molecule has 2 rings (SSSR count). The molecule has 104 valence electrons. The highest BCUT2D eigenvalue weighted by molar-refractivity contribution is 5.78. The lowest BCUT2D eigenvalue weighted by Gasteiger charge is -2.16. The average molecular weight is 263 g/mol. The number of nitrogens with zero attached hydrogens (tertiary/aromatic N) is 1. The summed E-state index contributed by atoms with van der Waals surface area (Å²) in [5.41, 5.74) is 1.12. The van der Waals surface area contributed by atoms with Gasteiger partial charge in [0, 0.05) is 19.7 Å². The van der Waals surface area contributed by atoms with E-state index in [0.29, 0.717) is 5.92 Å². The Balaban J connectivity index is 1.79. The summed E-state index contributed by atoms with van der Waals surface area (Å²) in [7, 11) is 0. The first-order chi connectivity index (χ1) is 9.19. The third-order valence-electron chi connectivity index (χ3n) is 3.53. The van der Waals surface area contributed by atoms with E-state index >= 15 is 0 Å². The van der Waals surface area contributed by atoms with Crippen LogP contribution in [0.4, 0.5) is 0 Å². The zero-order valence-electron chi connectivity index (χ0n) is 11.3. The quantitative estimate of drug-likeness (QED) is 0.878.